The summed E-state index contributed by atoms with van der Waals surface area (Å²) in [6.45, 7) is 7.73. The molecule has 1 fully saturated rings. The Labute approximate surface area is 81.4 Å². The molecule has 0 amide bonds. The Morgan fingerprint density at radius 1 is 1.54 bits per heavy atom. The van der Waals surface area contributed by atoms with E-state index in [9.17, 15) is 0 Å². The lowest BCUT2D eigenvalue weighted by molar-refractivity contribution is 0.136. The van der Waals surface area contributed by atoms with Gasteiger partial charge < -0.3 is 15.0 Å². The van der Waals surface area contributed by atoms with E-state index in [0.29, 0.717) is 5.41 Å². The van der Waals surface area contributed by atoms with Crippen LogP contribution in [0.1, 0.15) is 13.3 Å². The van der Waals surface area contributed by atoms with E-state index in [4.69, 9.17) is 4.74 Å². The molecule has 78 valence electrons. The van der Waals surface area contributed by atoms with E-state index >= 15 is 0 Å². The number of nitrogens with one attached hydrogen (secondary N) is 1. The Balaban J connectivity index is 2.21. The highest BCUT2D eigenvalue weighted by molar-refractivity contribution is 4.85. The summed E-state index contributed by atoms with van der Waals surface area (Å²) in [7, 11) is 3.93. The fraction of sp³-hybridized carbons (Fsp3) is 1.00. The van der Waals surface area contributed by atoms with Gasteiger partial charge in [-0.15, -0.1) is 0 Å². The fourth-order valence-corrected chi connectivity index (χ4v) is 1.98. The lowest BCUT2D eigenvalue weighted by Crippen LogP contribution is -2.36. The zero-order valence-corrected chi connectivity index (χ0v) is 9.10. The van der Waals surface area contributed by atoms with Crippen molar-refractivity contribution in [1.82, 2.24) is 10.2 Å². The molecule has 1 saturated heterocycles. The zero-order valence-electron chi connectivity index (χ0n) is 9.10. The summed E-state index contributed by atoms with van der Waals surface area (Å²) in [5, 5.41) is 3.42. The summed E-state index contributed by atoms with van der Waals surface area (Å²) in [5.41, 5.74) is 0.475. The van der Waals surface area contributed by atoms with Crippen LogP contribution in [-0.2, 0) is 4.74 Å². The van der Waals surface area contributed by atoms with Gasteiger partial charge in [0.1, 0.15) is 0 Å². The molecule has 0 aromatic heterocycles. The van der Waals surface area contributed by atoms with Crippen LogP contribution in [0.3, 0.4) is 0 Å². The Bertz CT molecular complexity index is 144. The summed E-state index contributed by atoms with van der Waals surface area (Å²) in [4.78, 5) is 2.36. The predicted molar refractivity (Wildman–Crippen MR) is 55.0 cm³/mol. The molecule has 0 bridgehead atoms. The third kappa shape index (κ3) is 3.63. The summed E-state index contributed by atoms with van der Waals surface area (Å²) in [5.74, 6) is 0. The number of hydrogen-bond donors (Lipinski definition) is 1. The molecule has 0 spiro atoms. The second-order valence-electron chi connectivity index (χ2n) is 4.47. The Hall–Kier alpha value is -0.120. The number of ether oxygens (including phenoxy) is 1. The minimum atomic E-state index is 0.475. The predicted octanol–water partition coefficient (Wildman–Crippen LogP) is 0.564. The van der Waals surface area contributed by atoms with E-state index in [-0.39, 0.29) is 0 Å². The second kappa shape index (κ2) is 4.94. The maximum Gasteiger partial charge on any atom is 0.0589 e. The molecule has 3 nitrogen and oxygen atoms in total. The minimum absolute atomic E-state index is 0.475. The van der Waals surface area contributed by atoms with Gasteiger partial charge in [0.15, 0.2) is 0 Å². The monoisotopic (exact) mass is 186 g/mol. The fourth-order valence-electron chi connectivity index (χ4n) is 1.98. The first-order chi connectivity index (χ1) is 6.16. The number of hydrogen-bond acceptors (Lipinski definition) is 3. The molecule has 0 aromatic rings. The summed E-state index contributed by atoms with van der Waals surface area (Å²) in [6.07, 6.45) is 1.30. The first-order valence-electron chi connectivity index (χ1n) is 5.04. The van der Waals surface area contributed by atoms with Crippen LogP contribution < -0.4 is 5.32 Å². The van der Waals surface area contributed by atoms with Gasteiger partial charge in [0.25, 0.3) is 0 Å². The molecule has 1 unspecified atom stereocenters. The lowest BCUT2D eigenvalue weighted by Gasteiger charge is -2.28. The Kier molecular flexibility index (Phi) is 4.16. The third-order valence-electron chi connectivity index (χ3n) is 2.79. The van der Waals surface area contributed by atoms with Crippen LogP contribution >= 0.6 is 0 Å². The maximum absolute atomic E-state index is 5.05. The van der Waals surface area contributed by atoms with Crippen molar-refractivity contribution < 1.29 is 4.74 Å². The quantitative estimate of drug-likeness (QED) is 0.679. The first-order valence-corrected chi connectivity index (χ1v) is 5.04. The highest BCUT2D eigenvalue weighted by atomic mass is 16.5. The topological polar surface area (TPSA) is 24.5 Å². The molecule has 1 N–H and O–H groups in total. The summed E-state index contributed by atoms with van der Waals surface area (Å²) >= 11 is 0. The molecule has 1 heterocycles. The van der Waals surface area contributed by atoms with Gasteiger partial charge in [-0.05, 0) is 25.4 Å². The Morgan fingerprint density at radius 2 is 2.31 bits per heavy atom. The molecule has 0 radical (unpaired) electrons. The van der Waals surface area contributed by atoms with E-state index < -0.39 is 0 Å². The van der Waals surface area contributed by atoms with Crippen LogP contribution in [-0.4, -0.2) is 51.8 Å². The van der Waals surface area contributed by atoms with E-state index in [1.807, 2.05) is 0 Å². The van der Waals surface area contributed by atoms with Crippen LogP contribution in [0.4, 0.5) is 0 Å². The molecule has 0 aliphatic carbocycles. The normalized spacial score (nSPS) is 28.6. The van der Waals surface area contributed by atoms with E-state index in [0.717, 1.165) is 19.7 Å². The van der Waals surface area contributed by atoms with Gasteiger partial charge in [0, 0.05) is 26.7 Å². The Morgan fingerprint density at radius 3 is 2.85 bits per heavy atom. The highest BCUT2D eigenvalue weighted by Gasteiger charge is 2.29. The van der Waals surface area contributed by atoms with Crippen LogP contribution in [0.25, 0.3) is 0 Å². The molecule has 1 rings (SSSR count). The molecular formula is C10H22N2O. The van der Waals surface area contributed by atoms with E-state index in [1.165, 1.54) is 19.5 Å². The van der Waals surface area contributed by atoms with Gasteiger partial charge in [0.05, 0.1) is 6.61 Å². The van der Waals surface area contributed by atoms with E-state index in [2.05, 4.69) is 24.2 Å². The number of nitrogens with zero attached hydrogens (tertiary/aromatic N) is 1. The number of rotatable bonds is 5. The van der Waals surface area contributed by atoms with Crippen molar-refractivity contribution in [3.05, 3.63) is 0 Å². The molecule has 13 heavy (non-hydrogen) atoms. The molecule has 1 aliphatic heterocycles. The average Bonchev–Trinajstić information content (AvgIpc) is 2.48. The van der Waals surface area contributed by atoms with Crippen molar-refractivity contribution in [3.8, 4) is 0 Å². The molecule has 0 aromatic carbocycles. The smallest absolute Gasteiger partial charge is 0.0589 e. The SMILES string of the molecule is COCCN(C)CC1(C)CCNC1. The van der Waals surface area contributed by atoms with Crippen molar-refractivity contribution in [2.75, 3.05) is 46.9 Å². The van der Waals surface area contributed by atoms with Gasteiger partial charge in [-0.1, -0.05) is 6.92 Å². The standard InChI is InChI=1S/C10H22N2O/c1-10(4-5-11-8-10)9-12(2)6-7-13-3/h11H,4-9H2,1-3H3. The van der Waals surface area contributed by atoms with Crippen LogP contribution in [0.5, 0.6) is 0 Å². The van der Waals surface area contributed by atoms with Crippen molar-refractivity contribution in [3.63, 3.8) is 0 Å². The highest BCUT2D eigenvalue weighted by Crippen LogP contribution is 2.24. The van der Waals surface area contributed by atoms with Gasteiger partial charge in [-0.2, -0.15) is 0 Å². The summed E-state index contributed by atoms with van der Waals surface area (Å²) in [6, 6.07) is 0. The van der Waals surface area contributed by atoms with Crippen LogP contribution in [0.15, 0.2) is 0 Å². The average molecular weight is 186 g/mol. The van der Waals surface area contributed by atoms with Gasteiger partial charge in [-0.3, -0.25) is 0 Å². The van der Waals surface area contributed by atoms with Crippen molar-refractivity contribution in [2.24, 2.45) is 5.41 Å². The van der Waals surface area contributed by atoms with Crippen molar-refractivity contribution in [2.45, 2.75) is 13.3 Å². The zero-order chi connectivity index (χ0) is 9.73. The lowest BCUT2D eigenvalue weighted by atomic mass is 9.89. The third-order valence-corrected chi connectivity index (χ3v) is 2.79. The largest absolute Gasteiger partial charge is 0.383 e. The first kappa shape index (κ1) is 11.0. The van der Waals surface area contributed by atoms with Crippen molar-refractivity contribution >= 4 is 0 Å². The number of methoxy groups -OCH3 is 1. The van der Waals surface area contributed by atoms with Gasteiger partial charge in [0.2, 0.25) is 0 Å². The molecule has 1 aliphatic rings. The molecule has 0 saturated carbocycles. The van der Waals surface area contributed by atoms with Crippen molar-refractivity contribution in [1.29, 1.82) is 0 Å². The molecule has 3 heteroatoms. The van der Waals surface area contributed by atoms with Crippen LogP contribution in [0, 0.1) is 5.41 Å². The summed E-state index contributed by atoms with van der Waals surface area (Å²) < 4.78 is 5.05. The van der Waals surface area contributed by atoms with Gasteiger partial charge >= 0.3 is 0 Å². The van der Waals surface area contributed by atoms with Crippen LogP contribution in [0.2, 0.25) is 0 Å². The maximum atomic E-state index is 5.05. The molecular weight excluding hydrogens is 164 g/mol. The molecule has 1 atom stereocenters. The van der Waals surface area contributed by atoms with E-state index in [1.54, 1.807) is 7.11 Å². The number of likely N-dealkylation sites (N-methyl/N-ethyl adjacent to an activating group) is 1. The van der Waals surface area contributed by atoms with Gasteiger partial charge in [-0.25, -0.2) is 0 Å². The second-order valence-corrected chi connectivity index (χ2v) is 4.47. The minimum Gasteiger partial charge on any atom is -0.383 e.